The second-order valence-corrected chi connectivity index (χ2v) is 9.92. The van der Waals surface area contributed by atoms with E-state index in [0.717, 1.165) is 16.8 Å². The highest BCUT2D eigenvalue weighted by Crippen LogP contribution is 2.26. The average molecular weight is 537 g/mol. The van der Waals surface area contributed by atoms with Crippen LogP contribution in [0.2, 0.25) is 0 Å². The van der Waals surface area contributed by atoms with Gasteiger partial charge in [0.15, 0.2) is 0 Å². The van der Waals surface area contributed by atoms with Gasteiger partial charge in [-0.15, -0.1) is 11.8 Å². The Balaban J connectivity index is 1.44. The van der Waals surface area contributed by atoms with Crippen LogP contribution in [-0.2, 0) is 36.8 Å². The first-order valence-corrected chi connectivity index (χ1v) is 13.1. The van der Waals surface area contributed by atoms with Gasteiger partial charge >= 0.3 is 6.03 Å². The van der Waals surface area contributed by atoms with Crippen molar-refractivity contribution in [3.63, 3.8) is 0 Å². The number of fused-ring (bicyclic) bond motifs is 1. The van der Waals surface area contributed by atoms with Crippen LogP contribution in [0.1, 0.15) is 18.1 Å². The number of hydrogen-bond acceptors (Lipinski definition) is 9. The van der Waals surface area contributed by atoms with Crippen LogP contribution in [0, 0.1) is 11.4 Å². The summed E-state index contributed by atoms with van der Waals surface area (Å²) in [5.74, 6) is -0.100. The third kappa shape index (κ3) is 9.74. The van der Waals surface area contributed by atoms with Gasteiger partial charge in [0.05, 0.1) is 51.4 Å². The average Bonchev–Trinajstić information content (AvgIpc) is 3.26. The molecule has 0 spiro atoms. The van der Waals surface area contributed by atoms with Crippen molar-refractivity contribution in [3.05, 3.63) is 29.3 Å². The molecule has 5 N–H and O–H groups in total. The fourth-order valence-corrected chi connectivity index (χ4v) is 4.96. The highest BCUT2D eigenvalue weighted by molar-refractivity contribution is 8.01. The SMILES string of the molecule is CC1CNC(=O)NC1S[C@H](COCCOCCOCCN=[N+]=N)C(=O)NCc1ccc2c(c1)CC(=O)N2. The Labute approximate surface area is 219 Å². The molecule has 2 aliphatic rings. The molecule has 14 heteroatoms. The van der Waals surface area contributed by atoms with Crippen LogP contribution < -0.4 is 26.2 Å². The summed E-state index contributed by atoms with van der Waals surface area (Å²) < 4.78 is 16.5. The predicted molar refractivity (Wildman–Crippen MR) is 136 cm³/mol. The van der Waals surface area contributed by atoms with Crippen LogP contribution >= 0.6 is 11.8 Å². The molecule has 0 saturated carbocycles. The van der Waals surface area contributed by atoms with E-state index in [4.69, 9.17) is 19.7 Å². The summed E-state index contributed by atoms with van der Waals surface area (Å²) in [5.41, 5.74) is 9.18. The van der Waals surface area contributed by atoms with Crippen molar-refractivity contribution in [1.82, 2.24) is 20.9 Å². The van der Waals surface area contributed by atoms with Crippen LogP contribution in [-0.4, -0.2) is 81.2 Å². The van der Waals surface area contributed by atoms with Gasteiger partial charge in [-0.25, -0.2) is 4.79 Å². The van der Waals surface area contributed by atoms with Gasteiger partial charge in [0.2, 0.25) is 16.7 Å². The van der Waals surface area contributed by atoms with E-state index in [9.17, 15) is 14.4 Å². The Morgan fingerprint density at radius 1 is 1.22 bits per heavy atom. The molecule has 3 atom stereocenters. The molecule has 202 valence electrons. The number of benzene rings is 1. The zero-order valence-corrected chi connectivity index (χ0v) is 21.6. The Hall–Kier alpha value is -3.03. The van der Waals surface area contributed by atoms with Gasteiger partial charge in [-0.05, 0) is 17.2 Å². The first-order valence-electron chi connectivity index (χ1n) is 12.1. The molecule has 0 aliphatic carbocycles. The molecule has 0 bridgehead atoms. The van der Waals surface area contributed by atoms with Gasteiger partial charge < -0.3 is 35.5 Å². The number of carbonyl (C=O) groups excluding carboxylic acids is 3. The first kappa shape index (κ1) is 28.5. The molecule has 2 heterocycles. The molecule has 37 heavy (non-hydrogen) atoms. The molecular formula is C23H34N7O6S+. The lowest BCUT2D eigenvalue weighted by atomic mass is 10.1. The van der Waals surface area contributed by atoms with E-state index >= 15 is 0 Å². The van der Waals surface area contributed by atoms with Gasteiger partial charge in [-0.2, -0.15) is 0 Å². The fourth-order valence-electron chi connectivity index (χ4n) is 3.69. The lowest BCUT2D eigenvalue weighted by molar-refractivity contribution is -0.122. The third-order valence-electron chi connectivity index (χ3n) is 5.66. The van der Waals surface area contributed by atoms with Gasteiger partial charge in [-0.1, -0.05) is 19.1 Å². The van der Waals surface area contributed by atoms with E-state index < -0.39 is 5.25 Å². The minimum Gasteiger partial charge on any atom is -0.377 e. The number of ether oxygens (including phenoxy) is 3. The Kier molecular flexibility index (Phi) is 11.8. The van der Waals surface area contributed by atoms with Crippen molar-refractivity contribution < 1.29 is 28.6 Å². The van der Waals surface area contributed by atoms with Crippen LogP contribution in [0.3, 0.4) is 0 Å². The molecule has 3 rings (SSSR count). The van der Waals surface area contributed by atoms with Crippen molar-refractivity contribution in [2.24, 2.45) is 11.0 Å². The number of urea groups is 1. The second kappa shape index (κ2) is 15.3. The molecule has 4 amide bonds. The number of rotatable bonds is 16. The molecule has 1 aromatic carbocycles. The normalized spacial score (nSPS) is 19.2. The molecule has 13 nitrogen and oxygen atoms in total. The maximum absolute atomic E-state index is 13.1. The Morgan fingerprint density at radius 3 is 2.76 bits per heavy atom. The van der Waals surface area contributed by atoms with Gasteiger partial charge in [-0.3, -0.25) is 9.59 Å². The number of amides is 4. The van der Waals surface area contributed by atoms with Crippen LogP contribution in [0.25, 0.3) is 0 Å². The fraction of sp³-hybridized carbons (Fsp3) is 0.609. The topological polar surface area (TPSA) is 177 Å². The molecule has 0 aromatic heterocycles. The summed E-state index contributed by atoms with van der Waals surface area (Å²) in [6.07, 6.45) is 0.336. The standard InChI is InChI=1S/C23H33N7O6S/c1-15-12-26-23(33)29-22(15)37-19(14-36-9-8-35-7-6-34-5-4-27-30-24)21(32)25-13-16-2-3-18-17(10-16)11-20(31)28-18/h2-3,10,15,19,22,24H,4-9,11-14H2,1H3,(H3-,25,26,28,29,31,32,33)/p+1/t15?,19-,22?/m1/s1. The summed E-state index contributed by atoms with van der Waals surface area (Å²) in [5, 5.41) is 14.1. The van der Waals surface area contributed by atoms with Gasteiger partial charge in [0.1, 0.15) is 22.4 Å². The number of carbonyl (C=O) groups is 3. The molecule has 0 radical (unpaired) electrons. The minimum atomic E-state index is -0.543. The van der Waals surface area contributed by atoms with E-state index in [1.165, 1.54) is 11.8 Å². The molecule has 1 saturated heterocycles. The smallest absolute Gasteiger partial charge is 0.315 e. The molecular weight excluding hydrogens is 502 g/mol. The van der Waals surface area contributed by atoms with E-state index in [-0.39, 0.29) is 35.7 Å². The van der Waals surface area contributed by atoms with E-state index in [1.54, 1.807) is 0 Å². The number of nitrogens with zero attached hydrogens (tertiary/aromatic N) is 2. The summed E-state index contributed by atoms with van der Waals surface area (Å²) in [7, 11) is 0. The van der Waals surface area contributed by atoms with Crippen molar-refractivity contribution in [3.8, 4) is 0 Å². The summed E-state index contributed by atoms with van der Waals surface area (Å²) in [6, 6.07) is 5.38. The van der Waals surface area contributed by atoms with Crippen molar-refractivity contribution in [2.45, 2.75) is 30.5 Å². The Morgan fingerprint density at radius 2 is 1.97 bits per heavy atom. The van der Waals surface area contributed by atoms with Crippen LogP contribution in [0.5, 0.6) is 0 Å². The largest absolute Gasteiger partial charge is 0.377 e. The summed E-state index contributed by atoms with van der Waals surface area (Å²) in [6.45, 7) is 5.16. The van der Waals surface area contributed by atoms with Gasteiger partial charge in [0.25, 0.3) is 0 Å². The van der Waals surface area contributed by atoms with Crippen molar-refractivity contribution in [1.29, 1.82) is 5.53 Å². The van der Waals surface area contributed by atoms with Crippen molar-refractivity contribution >= 4 is 35.3 Å². The number of hydrogen-bond donors (Lipinski definition) is 5. The third-order valence-corrected chi connectivity index (χ3v) is 7.21. The van der Waals surface area contributed by atoms with E-state index in [2.05, 4.69) is 31.3 Å². The summed E-state index contributed by atoms with van der Waals surface area (Å²) in [4.78, 5) is 39.4. The van der Waals surface area contributed by atoms with Crippen LogP contribution in [0.4, 0.5) is 10.5 Å². The molecule has 2 unspecified atom stereocenters. The minimum absolute atomic E-state index is 0.0352. The highest BCUT2D eigenvalue weighted by Gasteiger charge is 2.31. The molecule has 1 fully saturated rings. The quantitative estimate of drug-likeness (QED) is 0.118. The lowest BCUT2D eigenvalue weighted by Gasteiger charge is -2.32. The Bertz CT molecular complexity index is 990. The zero-order chi connectivity index (χ0) is 26.5. The van der Waals surface area contributed by atoms with E-state index in [0.29, 0.717) is 59.1 Å². The summed E-state index contributed by atoms with van der Waals surface area (Å²) >= 11 is 1.37. The number of thioether (sulfide) groups is 1. The van der Waals surface area contributed by atoms with Crippen molar-refractivity contribution in [2.75, 3.05) is 58.0 Å². The predicted octanol–water partition coefficient (Wildman–Crippen LogP) is 0.774. The monoisotopic (exact) mass is 536 g/mol. The zero-order valence-electron chi connectivity index (χ0n) is 20.8. The highest BCUT2D eigenvalue weighted by atomic mass is 32.2. The number of anilines is 1. The van der Waals surface area contributed by atoms with E-state index in [1.807, 2.05) is 25.1 Å². The molecule has 2 aliphatic heterocycles. The maximum Gasteiger partial charge on any atom is 0.315 e. The maximum atomic E-state index is 13.1. The second-order valence-electron chi connectivity index (χ2n) is 8.58. The molecule has 1 aromatic rings. The van der Waals surface area contributed by atoms with Crippen LogP contribution in [0.15, 0.2) is 23.3 Å². The lowest BCUT2D eigenvalue weighted by Crippen LogP contribution is -2.54. The van der Waals surface area contributed by atoms with Gasteiger partial charge in [0, 0.05) is 24.7 Å². The number of nitrogens with one attached hydrogen (secondary N) is 5. The first-order chi connectivity index (χ1) is 18.0.